The van der Waals surface area contributed by atoms with E-state index < -0.39 is 5.92 Å². The zero-order valence-corrected chi connectivity index (χ0v) is 37.2. The zero-order valence-electron chi connectivity index (χ0n) is 37.2. The van der Waals surface area contributed by atoms with Gasteiger partial charge in [0.05, 0.1) is 0 Å². The van der Waals surface area contributed by atoms with Crippen LogP contribution in [0, 0.1) is 11.8 Å². The number of hydrogen-bond acceptors (Lipinski definition) is 4. The number of aromatic hydroxyl groups is 4. The van der Waals surface area contributed by atoms with Crippen molar-refractivity contribution in [3.8, 4) is 23.0 Å². The highest BCUT2D eigenvalue weighted by atomic mass is 16.3. The van der Waals surface area contributed by atoms with Crippen LogP contribution in [0.1, 0.15) is 214 Å². The van der Waals surface area contributed by atoms with Gasteiger partial charge in [0.25, 0.3) is 0 Å². The number of hydrogen-bond donors (Lipinski definition) is 4. The Morgan fingerprint density at radius 1 is 0.304 bits per heavy atom. The van der Waals surface area contributed by atoms with Gasteiger partial charge >= 0.3 is 0 Å². The number of benzene rings is 5. The molecule has 0 fully saturated rings. The minimum Gasteiger partial charge on any atom is -0.507 e. The van der Waals surface area contributed by atoms with E-state index in [0.717, 1.165) is 38.9 Å². The van der Waals surface area contributed by atoms with Gasteiger partial charge in [-0.05, 0) is 97.8 Å². The second-order valence-electron chi connectivity index (χ2n) is 19.2. The lowest BCUT2D eigenvalue weighted by atomic mass is 9.75. The topological polar surface area (TPSA) is 80.9 Å². The van der Waals surface area contributed by atoms with E-state index in [4.69, 9.17) is 0 Å². The minimum absolute atomic E-state index is 0.0291. The molecule has 0 aliphatic carbocycles. The molecule has 4 N–H and O–H groups in total. The molecule has 0 radical (unpaired) electrons. The predicted octanol–water partition coefficient (Wildman–Crippen LogP) is 15.1. The lowest BCUT2D eigenvalue weighted by molar-refractivity contribution is 0.388. The van der Waals surface area contributed by atoms with Crippen LogP contribution in [0.5, 0.6) is 23.0 Å². The molecule has 0 aliphatic rings. The van der Waals surface area contributed by atoms with Crippen molar-refractivity contribution in [1.29, 1.82) is 0 Å². The van der Waals surface area contributed by atoms with Crippen LogP contribution in [0.2, 0.25) is 0 Å². The first-order chi connectivity index (χ1) is 26.1. The summed E-state index contributed by atoms with van der Waals surface area (Å²) in [5, 5.41) is 52.4. The average Bonchev–Trinajstić information content (AvgIpc) is 3.09. The highest BCUT2D eigenvalue weighted by Crippen LogP contribution is 2.54. The molecule has 4 nitrogen and oxygen atoms in total. The van der Waals surface area contributed by atoms with Crippen LogP contribution < -0.4 is 0 Å². The van der Waals surface area contributed by atoms with E-state index >= 15 is 0 Å². The third-order valence-corrected chi connectivity index (χ3v) is 12.4. The Labute approximate surface area is 338 Å². The smallest absolute Gasteiger partial charge is 0.128 e. The van der Waals surface area contributed by atoms with Crippen molar-refractivity contribution in [2.45, 2.75) is 158 Å². The molecule has 0 amide bonds. The Morgan fingerprint density at radius 2 is 0.536 bits per heavy atom. The molecule has 0 spiro atoms. The van der Waals surface area contributed by atoms with Crippen LogP contribution >= 0.6 is 0 Å². The molecule has 0 atom stereocenters. The molecule has 0 saturated heterocycles. The van der Waals surface area contributed by atoms with Gasteiger partial charge in [0.2, 0.25) is 0 Å². The lowest BCUT2D eigenvalue weighted by Gasteiger charge is -2.30. The first kappa shape index (κ1) is 43.0. The second kappa shape index (κ2) is 16.4. The Balaban J connectivity index is 2.03. The van der Waals surface area contributed by atoms with Crippen LogP contribution in [-0.2, 0) is 0 Å². The summed E-state index contributed by atoms with van der Waals surface area (Å²) in [5.74, 6) is 1.85. The van der Waals surface area contributed by atoms with E-state index in [1.54, 1.807) is 0 Å². The Kier molecular flexibility index (Phi) is 12.5. The number of rotatable bonds is 12. The minimum atomic E-state index is -0.566. The molecule has 0 heterocycles. The summed E-state index contributed by atoms with van der Waals surface area (Å²) in [4.78, 5) is 0. The molecule has 0 aliphatic heterocycles. The van der Waals surface area contributed by atoms with Crippen LogP contribution in [0.4, 0.5) is 0 Å². The molecule has 5 aromatic carbocycles. The van der Waals surface area contributed by atoms with Gasteiger partial charge in [-0.3, -0.25) is 0 Å². The average molecular weight is 759 g/mol. The first-order valence-corrected chi connectivity index (χ1v) is 21.3. The standard InChI is InChI=1S/C52H70O4/c1-25(2)35-21-39(29(9)10)49(53)45-37(27(5)6)23-41(51(55)47(35)45)44(34-19-17-33(18-20-34)43(31(13)14)32(15)16)42-24-38(28(7)8)46-48(52(42)56)36(26(3)4)22-40(30(11)12)50(46)54/h17-32,43-44,53-56H,1-16H3. The van der Waals surface area contributed by atoms with E-state index in [2.05, 4.69) is 159 Å². The number of phenols is 4. The molecule has 302 valence electrons. The van der Waals surface area contributed by atoms with Crippen molar-refractivity contribution in [3.63, 3.8) is 0 Å². The molecule has 0 aromatic heterocycles. The molecule has 5 aromatic rings. The molecule has 0 bridgehead atoms. The van der Waals surface area contributed by atoms with Crippen molar-refractivity contribution in [2.24, 2.45) is 11.8 Å². The van der Waals surface area contributed by atoms with Gasteiger partial charge in [0, 0.05) is 38.6 Å². The highest BCUT2D eigenvalue weighted by molar-refractivity contribution is 6.03. The zero-order chi connectivity index (χ0) is 41.8. The summed E-state index contributed by atoms with van der Waals surface area (Å²) in [5.41, 5.74) is 9.27. The van der Waals surface area contributed by atoms with Crippen molar-refractivity contribution in [3.05, 3.63) is 104 Å². The van der Waals surface area contributed by atoms with Crippen molar-refractivity contribution >= 4 is 21.5 Å². The van der Waals surface area contributed by atoms with E-state index in [0.29, 0.717) is 50.4 Å². The number of fused-ring (bicyclic) bond motifs is 2. The summed E-state index contributed by atoms with van der Waals surface area (Å²) in [7, 11) is 0. The van der Waals surface area contributed by atoms with Crippen molar-refractivity contribution < 1.29 is 20.4 Å². The fraction of sp³-hybridized carbons (Fsp3) is 0.500. The molecule has 4 heteroatoms. The Hall–Kier alpha value is -4.18. The largest absolute Gasteiger partial charge is 0.507 e. The summed E-state index contributed by atoms with van der Waals surface area (Å²) < 4.78 is 0. The monoisotopic (exact) mass is 759 g/mol. The van der Waals surface area contributed by atoms with Crippen LogP contribution in [0.25, 0.3) is 21.5 Å². The fourth-order valence-electron chi connectivity index (χ4n) is 9.53. The van der Waals surface area contributed by atoms with Crippen LogP contribution in [-0.4, -0.2) is 20.4 Å². The quantitative estimate of drug-likeness (QED) is 0.0955. The van der Waals surface area contributed by atoms with Gasteiger partial charge in [-0.2, -0.15) is 0 Å². The van der Waals surface area contributed by atoms with Crippen LogP contribution in [0.15, 0.2) is 48.5 Å². The molecule has 5 rings (SSSR count). The van der Waals surface area contributed by atoms with Gasteiger partial charge in [0.15, 0.2) is 0 Å². The van der Waals surface area contributed by atoms with Gasteiger partial charge in [-0.25, -0.2) is 0 Å². The lowest BCUT2D eigenvalue weighted by Crippen LogP contribution is -2.14. The molecule has 0 saturated carbocycles. The van der Waals surface area contributed by atoms with E-state index in [1.807, 2.05) is 0 Å². The third kappa shape index (κ3) is 7.50. The van der Waals surface area contributed by atoms with Crippen LogP contribution in [0.3, 0.4) is 0 Å². The molecular formula is C52H70O4. The second-order valence-corrected chi connectivity index (χ2v) is 19.2. The van der Waals surface area contributed by atoms with Crippen molar-refractivity contribution in [1.82, 2.24) is 0 Å². The first-order valence-electron chi connectivity index (χ1n) is 21.3. The maximum absolute atomic E-state index is 12.9. The maximum atomic E-state index is 12.9. The van der Waals surface area contributed by atoms with E-state index in [1.165, 1.54) is 5.56 Å². The molecule has 0 unspecified atom stereocenters. The molecular weight excluding hydrogens is 689 g/mol. The Morgan fingerprint density at radius 3 is 0.786 bits per heavy atom. The van der Waals surface area contributed by atoms with Gasteiger partial charge in [0.1, 0.15) is 23.0 Å². The maximum Gasteiger partial charge on any atom is 0.128 e. The summed E-state index contributed by atoms with van der Waals surface area (Å²) in [6, 6.07) is 17.2. The van der Waals surface area contributed by atoms with Gasteiger partial charge in [-0.1, -0.05) is 159 Å². The van der Waals surface area contributed by atoms with Gasteiger partial charge < -0.3 is 20.4 Å². The number of phenolic OH excluding ortho intramolecular Hbond substituents is 4. The SMILES string of the molecule is CC(C)c1cc(C(C)C)c2c(O)c(C(c3ccc(C(C(C)C)C(C)C)cc3)c3cc(C(C)C)c4c(O)c(C(C)C)cc(C(C)C)c4c3O)cc(C(C)C)c2c1O. The fourth-order valence-corrected chi connectivity index (χ4v) is 9.53. The summed E-state index contributed by atoms with van der Waals surface area (Å²) >= 11 is 0. The van der Waals surface area contributed by atoms with E-state index in [-0.39, 0.29) is 58.5 Å². The van der Waals surface area contributed by atoms with Crippen molar-refractivity contribution in [2.75, 3.05) is 0 Å². The van der Waals surface area contributed by atoms with Gasteiger partial charge in [-0.15, -0.1) is 0 Å². The normalized spacial score (nSPS) is 12.8. The summed E-state index contributed by atoms with van der Waals surface area (Å²) in [6.07, 6.45) is 0. The third-order valence-electron chi connectivity index (χ3n) is 12.4. The molecule has 56 heavy (non-hydrogen) atoms. The highest BCUT2D eigenvalue weighted by Gasteiger charge is 2.33. The summed E-state index contributed by atoms with van der Waals surface area (Å²) in [6.45, 7) is 34.6. The predicted molar refractivity (Wildman–Crippen MR) is 239 cm³/mol. The Bertz CT molecular complexity index is 2080. The van der Waals surface area contributed by atoms with E-state index in [9.17, 15) is 20.4 Å².